The Morgan fingerprint density at radius 1 is 1.48 bits per heavy atom. The van der Waals surface area contributed by atoms with Gasteiger partial charge in [-0.15, -0.1) is 0 Å². The standard InChI is InChI=1S/C14H22N4O3/c1-10-8-16-18(9-10)6-5-15-14(21)17-12-4-2-3-11(7-12)13(19)20/h8-9,11-12H,2-7H2,1H3,(H,19,20)(H2,15,17,21). The van der Waals surface area contributed by atoms with E-state index >= 15 is 0 Å². The Labute approximate surface area is 123 Å². The number of aryl methyl sites for hydroxylation is 1. The Bertz CT molecular complexity index is 500. The second kappa shape index (κ2) is 7.10. The average Bonchev–Trinajstić information content (AvgIpc) is 2.84. The molecule has 1 aromatic heterocycles. The first kappa shape index (κ1) is 15.3. The molecule has 7 heteroatoms. The highest BCUT2D eigenvalue weighted by Crippen LogP contribution is 2.24. The molecule has 0 aliphatic heterocycles. The van der Waals surface area contributed by atoms with Gasteiger partial charge in [-0.25, -0.2) is 4.79 Å². The number of carbonyl (C=O) groups is 2. The van der Waals surface area contributed by atoms with Gasteiger partial charge in [0.1, 0.15) is 0 Å². The van der Waals surface area contributed by atoms with Crippen molar-refractivity contribution in [3.63, 3.8) is 0 Å². The first-order valence-electron chi connectivity index (χ1n) is 7.31. The molecule has 7 nitrogen and oxygen atoms in total. The van der Waals surface area contributed by atoms with Crippen molar-refractivity contribution in [2.45, 2.75) is 45.2 Å². The average molecular weight is 294 g/mol. The van der Waals surface area contributed by atoms with E-state index in [2.05, 4.69) is 15.7 Å². The molecule has 116 valence electrons. The Morgan fingerprint density at radius 3 is 2.95 bits per heavy atom. The molecule has 3 N–H and O–H groups in total. The van der Waals surface area contributed by atoms with E-state index in [0.29, 0.717) is 25.9 Å². The maximum absolute atomic E-state index is 11.8. The van der Waals surface area contributed by atoms with Gasteiger partial charge < -0.3 is 15.7 Å². The third-order valence-electron chi connectivity index (χ3n) is 3.75. The number of amides is 2. The Hall–Kier alpha value is -2.05. The molecule has 0 saturated heterocycles. The smallest absolute Gasteiger partial charge is 0.315 e. The lowest BCUT2D eigenvalue weighted by atomic mass is 9.86. The van der Waals surface area contributed by atoms with Gasteiger partial charge in [0.15, 0.2) is 0 Å². The fourth-order valence-corrected chi connectivity index (χ4v) is 2.65. The van der Waals surface area contributed by atoms with E-state index in [0.717, 1.165) is 18.4 Å². The van der Waals surface area contributed by atoms with Crippen LogP contribution in [0.15, 0.2) is 12.4 Å². The first-order chi connectivity index (χ1) is 10.0. The topological polar surface area (TPSA) is 96.3 Å². The molecule has 0 aromatic carbocycles. The second-order valence-electron chi connectivity index (χ2n) is 5.58. The van der Waals surface area contributed by atoms with Gasteiger partial charge in [-0.2, -0.15) is 5.10 Å². The van der Waals surface area contributed by atoms with Crippen LogP contribution in [-0.4, -0.2) is 39.5 Å². The fourth-order valence-electron chi connectivity index (χ4n) is 2.65. The summed E-state index contributed by atoms with van der Waals surface area (Å²) in [6.07, 6.45) is 6.59. The molecule has 1 aliphatic rings. The molecule has 1 fully saturated rings. The number of carboxylic acid groups (broad SMARTS) is 1. The van der Waals surface area contributed by atoms with Crippen molar-refractivity contribution >= 4 is 12.0 Å². The van der Waals surface area contributed by atoms with Gasteiger partial charge in [0.25, 0.3) is 0 Å². The lowest BCUT2D eigenvalue weighted by Crippen LogP contribution is -2.45. The number of carboxylic acids is 1. The van der Waals surface area contributed by atoms with Gasteiger partial charge in [0.05, 0.1) is 18.7 Å². The minimum Gasteiger partial charge on any atom is -0.481 e. The molecule has 1 saturated carbocycles. The fraction of sp³-hybridized carbons (Fsp3) is 0.643. The summed E-state index contributed by atoms with van der Waals surface area (Å²) < 4.78 is 1.77. The Balaban J connectivity index is 1.68. The Morgan fingerprint density at radius 2 is 2.29 bits per heavy atom. The zero-order chi connectivity index (χ0) is 15.2. The number of aromatic nitrogens is 2. The molecular formula is C14H22N4O3. The highest BCUT2D eigenvalue weighted by Gasteiger charge is 2.27. The third kappa shape index (κ3) is 4.77. The van der Waals surface area contributed by atoms with E-state index in [4.69, 9.17) is 5.11 Å². The SMILES string of the molecule is Cc1cnn(CCNC(=O)NC2CCCC(C(=O)O)C2)c1. The first-order valence-corrected chi connectivity index (χ1v) is 7.31. The van der Waals surface area contributed by atoms with Gasteiger partial charge in [-0.05, 0) is 31.7 Å². The molecule has 0 radical (unpaired) electrons. The van der Waals surface area contributed by atoms with Crippen molar-refractivity contribution in [3.8, 4) is 0 Å². The summed E-state index contributed by atoms with van der Waals surface area (Å²) in [6.45, 7) is 3.07. The van der Waals surface area contributed by atoms with Crippen LogP contribution in [0.1, 0.15) is 31.2 Å². The summed E-state index contributed by atoms with van der Waals surface area (Å²) in [5, 5.41) is 18.8. The predicted molar refractivity (Wildman–Crippen MR) is 76.9 cm³/mol. The number of aliphatic carboxylic acids is 1. The van der Waals surface area contributed by atoms with Crippen LogP contribution in [0.5, 0.6) is 0 Å². The number of urea groups is 1. The number of hydrogen-bond donors (Lipinski definition) is 3. The minimum absolute atomic E-state index is 0.0493. The summed E-state index contributed by atoms with van der Waals surface area (Å²) in [5.74, 6) is -1.10. The normalized spacial score (nSPS) is 21.8. The molecule has 1 aliphatic carbocycles. The molecule has 2 amide bonds. The van der Waals surface area contributed by atoms with Crippen LogP contribution >= 0.6 is 0 Å². The number of carbonyl (C=O) groups excluding carboxylic acids is 1. The predicted octanol–water partition coefficient (Wildman–Crippen LogP) is 1.13. The molecule has 0 bridgehead atoms. The Kier molecular flexibility index (Phi) is 5.19. The van der Waals surface area contributed by atoms with Crippen LogP contribution in [0.4, 0.5) is 4.79 Å². The summed E-state index contributed by atoms with van der Waals surface area (Å²) in [7, 11) is 0. The summed E-state index contributed by atoms with van der Waals surface area (Å²) in [5.41, 5.74) is 1.08. The second-order valence-corrected chi connectivity index (χ2v) is 5.58. The maximum Gasteiger partial charge on any atom is 0.315 e. The maximum atomic E-state index is 11.8. The molecule has 2 rings (SSSR count). The van der Waals surface area contributed by atoms with Gasteiger partial charge in [-0.1, -0.05) is 6.42 Å². The summed E-state index contributed by atoms with van der Waals surface area (Å²) in [4.78, 5) is 22.8. The van der Waals surface area contributed by atoms with Gasteiger partial charge in [-0.3, -0.25) is 9.48 Å². The zero-order valence-corrected chi connectivity index (χ0v) is 12.2. The number of nitrogens with zero attached hydrogens (tertiary/aromatic N) is 2. The van der Waals surface area contributed by atoms with Gasteiger partial charge >= 0.3 is 12.0 Å². The molecule has 1 aromatic rings. The number of rotatable bonds is 5. The quantitative estimate of drug-likeness (QED) is 0.758. The molecule has 2 atom stereocenters. The van der Waals surface area contributed by atoms with Crippen molar-refractivity contribution in [2.24, 2.45) is 5.92 Å². The molecule has 0 spiro atoms. The van der Waals surface area contributed by atoms with E-state index in [1.807, 2.05) is 13.1 Å². The lowest BCUT2D eigenvalue weighted by Gasteiger charge is -2.27. The molecule has 1 heterocycles. The van der Waals surface area contributed by atoms with Gasteiger partial charge in [0, 0.05) is 18.8 Å². The van der Waals surface area contributed by atoms with E-state index in [1.54, 1.807) is 10.9 Å². The lowest BCUT2D eigenvalue weighted by molar-refractivity contribution is -0.143. The zero-order valence-electron chi connectivity index (χ0n) is 12.2. The van der Waals surface area contributed by atoms with Crippen LogP contribution in [0, 0.1) is 12.8 Å². The monoisotopic (exact) mass is 294 g/mol. The van der Waals surface area contributed by atoms with Crippen molar-refractivity contribution in [3.05, 3.63) is 18.0 Å². The van der Waals surface area contributed by atoms with Crippen molar-refractivity contribution in [2.75, 3.05) is 6.54 Å². The molecule has 2 unspecified atom stereocenters. The summed E-state index contributed by atoms with van der Waals surface area (Å²) in [6, 6.07) is -0.290. The van der Waals surface area contributed by atoms with Crippen LogP contribution in [0.3, 0.4) is 0 Å². The van der Waals surface area contributed by atoms with Crippen molar-refractivity contribution in [1.82, 2.24) is 20.4 Å². The van der Waals surface area contributed by atoms with Crippen LogP contribution < -0.4 is 10.6 Å². The van der Waals surface area contributed by atoms with E-state index in [1.165, 1.54) is 0 Å². The van der Waals surface area contributed by atoms with Crippen LogP contribution in [-0.2, 0) is 11.3 Å². The highest BCUT2D eigenvalue weighted by atomic mass is 16.4. The van der Waals surface area contributed by atoms with Crippen LogP contribution in [0.25, 0.3) is 0 Å². The van der Waals surface area contributed by atoms with Crippen molar-refractivity contribution in [1.29, 1.82) is 0 Å². The third-order valence-corrected chi connectivity index (χ3v) is 3.75. The minimum atomic E-state index is -0.768. The largest absolute Gasteiger partial charge is 0.481 e. The van der Waals surface area contributed by atoms with E-state index < -0.39 is 5.97 Å². The molecule has 21 heavy (non-hydrogen) atoms. The van der Waals surface area contributed by atoms with E-state index in [-0.39, 0.29) is 18.0 Å². The molecular weight excluding hydrogens is 272 g/mol. The highest BCUT2D eigenvalue weighted by molar-refractivity contribution is 5.74. The van der Waals surface area contributed by atoms with E-state index in [9.17, 15) is 9.59 Å². The van der Waals surface area contributed by atoms with Crippen LogP contribution in [0.2, 0.25) is 0 Å². The van der Waals surface area contributed by atoms with Gasteiger partial charge in [0.2, 0.25) is 0 Å². The number of hydrogen-bond acceptors (Lipinski definition) is 3. The van der Waals surface area contributed by atoms with Crippen molar-refractivity contribution < 1.29 is 14.7 Å². The number of nitrogens with one attached hydrogen (secondary N) is 2. The summed E-state index contributed by atoms with van der Waals surface area (Å²) >= 11 is 0.